The van der Waals surface area contributed by atoms with Crippen LogP contribution in [0.1, 0.15) is 5.56 Å². The van der Waals surface area contributed by atoms with Gasteiger partial charge in [-0.05, 0) is 30.3 Å². The van der Waals surface area contributed by atoms with Gasteiger partial charge in [-0.15, -0.1) is 0 Å². The average molecular weight is 256 g/mol. The number of ether oxygens (including phenoxy) is 1. The van der Waals surface area contributed by atoms with E-state index in [1.54, 1.807) is 0 Å². The van der Waals surface area contributed by atoms with Gasteiger partial charge < -0.3 is 9.72 Å². The quantitative estimate of drug-likeness (QED) is 0.634. The number of halogens is 1. The first-order chi connectivity index (χ1) is 8.83. The minimum Gasteiger partial charge on any atom is -0.488 e. The Balaban J connectivity index is 2.08. The zero-order valence-corrected chi connectivity index (χ0v) is 10.3. The summed E-state index contributed by atoms with van der Waals surface area (Å²) in [5.41, 5.74) is 4.55. The van der Waals surface area contributed by atoms with E-state index in [-0.39, 0.29) is 0 Å². The molecule has 1 aliphatic rings. The normalized spacial score (nSPS) is 12.9. The lowest BCUT2D eigenvalue weighted by molar-refractivity contribution is 0.303. The molecule has 88 valence electrons. The van der Waals surface area contributed by atoms with Crippen LogP contribution in [-0.4, -0.2) is 4.98 Å². The van der Waals surface area contributed by atoms with Gasteiger partial charge in [0.25, 0.3) is 0 Å². The van der Waals surface area contributed by atoms with Crippen molar-refractivity contribution >= 4 is 22.5 Å². The van der Waals surface area contributed by atoms with E-state index in [0.717, 1.165) is 32.9 Å². The van der Waals surface area contributed by atoms with Gasteiger partial charge in [-0.2, -0.15) is 0 Å². The fraction of sp³-hybridized carbons (Fsp3) is 0.0667. The van der Waals surface area contributed by atoms with Crippen molar-refractivity contribution in [1.82, 2.24) is 4.98 Å². The topological polar surface area (TPSA) is 25.0 Å². The maximum Gasteiger partial charge on any atom is 0.129 e. The third kappa shape index (κ3) is 1.30. The first-order valence-electron chi connectivity index (χ1n) is 5.85. The smallest absolute Gasteiger partial charge is 0.129 e. The number of hydrogen-bond donors (Lipinski definition) is 1. The molecule has 0 spiro atoms. The van der Waals surface area contributed by atoms with Crippen LogP contribution < -0.4 is 4.74 Å². The Morgan fingerprint density at radius 3 is 2.94 bits per heavy atom. The summed E-state index contributed by atoms with van der Waals surface area (Å²) >= 11 is 6.06. The molecule has 1 aliphatic heterocycles. The van der Waals surface area contributed by atoms with Gasteiger partial charge >= 0.3 is 0 Å². The van der Waals surface area contributed by atoms with Gasteiger partial charge in [0.15, 0.2) is 0 Å². The highest BCUT2D eigenvalue weighted by atomic mass is 35.5. The third-order valence-electron chi connectivity index (χ3n) is 3.40. The number of H-pyrrole nitrogens is 1. The molecule has 4 rings (SSSR count). The number of nitrogens with one attached hydrogen (secondary N) is 1. The molecule has 0 saturated heterocycles. The van der Waals surface area contributed by atoms with Crippen molar-refractivity contribution in [2.45, 2.75) is 6.61 Å². The number of fused-ring (bicyclic) bond motifs is 5. The molecule has 0 atom stereocenters. The van der Waals surface area contributed by atoms with E-state index in [1.807, 2.05) is 36.4 Å². The van der Waals surface area contributed by atoms with Crippen LogP contribution in [0.5, 0.6) is 5.75 Å². The molecule has 1 N–H and O–H groups in total. The molecule has 0 radical (unpaired) electrons. The van der Waals surface area contributed by atoms with Crippen LogP contribution in [0.2, 0.25) is 5.02 Å². The maximum absolute atomic E-state index is 6.06. The molecule has 18 heavy (non-hydrogen) atoms. The number of benzene rings is 2. The van der Waals surface area contributed by atoms with E-state index in [4.69, 9.17) is 16.3 Å². The summed E-state index contributed by atoms with van der Waals surface area (Å²) in [5.74, 6) is 0.933. The molecule has 2 heterocycles. The highest BCUT2D eigenvalue weighted by Gasteiger charge is 2.21. The number of rotatable bonds is 0. The van der Waals surface area contributed by atoms with Gasteiger partial charge in [0.2, 0.25) is 0 Å². The standard InChI is InChI=1S/C15H10ClNO/c16-9-5-6-13-11(7-9)12-8-18-14-4-2-1-3-10(14)15(12)17-13/h1-7,17H,8H2. The molecule has 3 heteroatoms. The Hall–Kier alpha value is -1.93. The van der Waals surface area contributed by atoms with Gasteiger partial charge in [-0.25, -0.2) is 0 Å². The van der Waals surface area contributed by atoms with Crippen LogP contribution >= 0.6 is 11.6 Å². The second-order valence-corrected chi connectivity index (χ2v) is 4.89. The molecule has 0 saturated carbocycles. The summed E-state index contributed by atoms with van der Waals surface area (Å²) in [4.78, 5) is 3.46. The summed E-state index contributed by atoms with van der Waals surface area (Å²) in [7, 11) is 0. The fourth-order valence-corrected chi connectivity index (χ4v) is 2.72. The van der Waals surface area contributed by atoms with Crippen molar-refractivity contribution in [3.8, 4) is 17.0 Å². The molecule has 0 amide bonds. The predicted molar refractivity (Wildman–Crippen MR) is 73.1 cm³/mol. The molecule has 0 fully saturated rings. The van der Waals surface area contributed by atoms with E-state index >= 15 is 0 Å². The van der Waals surface area contributed by atoms with Crippen molar-refractivity contribution in [3.05, 3.63) is 53.1 Å². The van der Waals surface area contributed by atoms with Crippen molar-refractivity contribution in [1.29, 1.82) is 0 Å². The Morgan fingerprint density at radius 2 is 2.00 bits per heavy atom. The van der Waals surface area contributed by atoms with Crippen LogP contribution in [0.15, 0.2) is 42.5 Å². The summed E-state index contributed by atoms with van der Waals surface area (Å²) in [6.45, 7) is 0.590. The van der Waals surface area contributed by atoms with Crippen molar-refractivity contribution in [2.24, 2.45) is 0 Å². The minimum atomic E-state index is 0.590. The Morgan fingerprint density at radius 1 is 1.11 bits per heavy atom. The van der Waals surface area contributed by atoms with Gasteiger partial charge in [-0.1, -0.05) is 23.7 Å². The molecule has 2 nitrogen and oxygen atoms in total. The maximum atomic E-state index is 6.06. The highest BCUT2D eigenvalue weighted by molar-refractivity contribution is 6.31. The molecule has 1 aromatic heterocycles. The van der Waals surface area contributed by atoms with E-state index in [0.29, 0.717) is 6.61 Å². The van der Waals surface area contributed by atoms with Crippen molar-refractivity contribution < 1.29 is 4.74 Å². The number of hydrogen-bond acceptors (Lipinski definition) is 1. The van der Waals surface area contributed by atoms with Crippen LogP contribution in [0.3, 0.4) is 0 Å². The summed E-state index contributed by atoms with van der Waals surface area (Å²) in [5, 5.41) is 1.90. The third-order valence-corrected chi connectivity index (χ3v) is 3.63. The lowest BCUT2D eigenvalue weighted by atomic mass is 10.0. The molecule has 2 aromatic carbocycles. The molecule has 0 aliphatic carbocycles. The van der Waals surface area contributed by atoms with Crippen molar-refractivity contribution in [3.63, 3.8) is 0 Å². The Kier molecular flexibility index (Phi) is 1.97. The van der Waals surface area contributed by atoms with E-state index in [1.165, 1.54) is 5.56 Å². The molecular weight excluding hydrogens is 246 g/mol. The molecule has 0 bridgehead atoms. The monoisotopic (exact) mass is 255 g/mol. The zero-order valence-electron chi connectivity index (χ0n) is 9.53. The second kappa shape index (κ2) is 3.53. The van der Waals surface area contributed by atoms with Crippen LogP contribution in [0.4, 0.5) is 0 Å². The number of para-hydroxylation sites is 1. The Labute approximate surface area is 109 Å². The first-order valence-corrected chi connectivity index (χ1v) is 6.23. The zero-order chi connectivity index (χ0) is 12.1. The van der Waals surface area contributed by atoms with Crippen LogP contribution in [-0.2, 0) is 6.61 Å². The largest absolute Gasteiger partial charge is 0.488 e. The van der Waals surface area contributed by atoms with E-state index in [2.05, 4.69) is 11.1 Å². The van der Waals surface area contributed by atoms with Crippen molar-refractivity contribution in [2.75, 3.05) is 0 Å². The van der Waals surface area contributed by atoms with Gasteiger partial charge in [-0.3, -0.25) is 0 Å². The number of aromatic nitrogens is 1. The summed E-state index contributed by atoms with van der Waals surface area (Å²) < 4.78 is 5.79. The summed E-state index contributed by atoms with van der Waals surface area (Å²) in [6, 6.07) is 14.0. The second-order valence-electron chi connectivity index (χ2n) is 4.45. The van der Waals surface area contributed by atoms with Gasteiger partial charge in [0.1, 0.15) is 12.4 Å². The average Bonchev–Trinajstić information content (AvgIpc) is 2.77. The first kappa shape index (κ1) is 10.0. The summed E-state index contributed by atoms with van der Waals surface area (Å²) in [6.07, 6.45) is 0. The predicted octanol–water partition coefficient (Wildman–Crippen LogP) is 4.38. The SMILES string of the molecule is Clc1ccc2[nH]c3c(c2c1)COc1ccccc1-3. The molecule has 3 aromatic rings. The highest BCUT2D eigenvalue weighted by Crippen LogP contribution is 2.40. The molecular formula is C15H10ClNO. The lowest BCUT2D eigenvalue weighted by Gasteiger charge is -2.17. The van der Waals surface area contributed by atoms with Gasteiger partial charge in [0.05, 0.1) is 5.69 Å². The van der Waals surface area contributed by atoms with E-state index < -0.39 is 0 Å². The fourth-order valence-electron chi connectivity index (χ4n) is 2.55. The van der Waals surface area contributed by atoms with Gasteiger partial charge in [0, 0.05) is 27.1 Å². The Bertz CT molecular complexity index is 760. The lowest BCUT2D eigenvalue weighted by Crippen LogP contribution is -2.03. The van der Waals surface area contributed by atoms with E-state index in [9.17, 15) is 0 Å². The minimum absolute atomic E-state index is 0.590. The van der Waals surface area contributed by atoms with Crippen LogP contribution in [0.25, 0.3) is 22.2 Å². The van der Waals surface area contributed by atoms with Crippen LogP contribution in [0, 0.1) is 0 Å². The molecule has 0 unspecified atom stereocenters. The number of aromatic amines is 1.